The minimum absolute atomic E-state index is 0.403. The molecule has 0 spiro atoms. The van der Waals surface area contributed by atoms with Crippen LogP contribution in [0.5, 0.6) is 0 Å². The van der Waals surface area contributed by atoms with Gasteiger partial charge < -0.3 is 5.32 Å². The molecule has 1 nitrogen and oxygen atoms in total. The van der Waals surface area contributed by atoms with Crippen molar-refractivity contribution in [2.24, 2.45) is 22.7 Å². The molecule has 0 aromatic heterocycles. The van der Waals surface area contributed by atoms with Gasteiger partial charge in [-0.15, -0.1) is 0 Å². The van der Waals surface area contributed by atoms with Gasteiger partial charge in [-0.05, 0) is 22.7 Å². The summed E-state index contributed by atoms with van der Waals surface area (Å²) in [6.45, 7) is 21.1. The molecule has 0 rings (SSSR count). The van der Waals surface area contributed by atoms with Crippen LogP contribution in [0.4, 0.5) is 0 Å². The first-order valence-corrected chi connectivity index (χ1v) is 7.38. The molecule has 0 aliphatic carbocycles. The molecule has 0 saturated heterocycles. The van der Waals surface area contributed by atoms with E-state index in [1.165, 1.54) is 12.8 Å². The summed E-state index contributed by atoms with van der Waals surface area (Å²) >= 11 is 0. The van der Waals surface area contributed by atoms with Crippen molar-refractivity contribution in [3.8, 4) is 0 Å². The Hall–Kier alpha value is -0.0400. The van der Waals surface area contributed by atoms with E-state index in [9.17, 15) is 0 Å². The highest BCUT2D eigenvalue weighted by atomic mass is 14.9. The number of rotatable bonds is 8. The Kier molecular flexibility index (Phi) is 6.76. The van der Waals surface area contributed by atoms with Crippen LogP contribution in [0.2, 0.25) is 0 Å². The van der Waals surface area contributed by atoms with E-state index >= 15 is 0 Å². The second-order valence-electron chi connectivity index (χ2n) is 7.20. The summed E-state index contributed by atoms with van der Waals surface area (Å²) in [6, 6.07) is 0. The Bertz CT molecular complexity index is 184. The minimum Gasteiger partial charge on any atom is -0.316 e. The van der Waals surface area contributed by atoms with Crippen LogP contribution in [-0.2, 0) is 0 Å². The van der Waals surface area contributed by atoms with E-state index in [-0.39, 0.29) is 0 Å². The van der Waals surface area contributed by atoms with Crippen LogP contribution >= 0.6 is 0 Å². The van der Waals surface area contributed by atoms with Gasteiger partial charge in [-0.25, -0.2) is 0 Å². The van der Waals surface area contributed by atoms with E-state index in [4.69, 9.17) is 0 Å². The third-order valence-corrected chi connectivity index (χ3v) is 5.05. The van der Waals surface area contributed by atoms with Crippen LogP contribution in [0.3, 0.4) is 0 Å². The van der Waals surface area contributed by atoms with E-state index in [1.807, 2.05) is 0 Å². The van der Waals surface area contributed by atoms with E-state index in [0.29, 0.717) is 10.8 Å². The molecule has 2 unspecified atom stereocenters. The van der Waals surface area contributed by atoms with Crippen molar-refractivity contribution < 1.29 is 0 Å². The van der Waals surface area contributed by atoms with Gasteiger partial charge in [0.05, 0.1) is 0 Å². The van der Waals surface area contributed by atoms with Crippen molar-refractivity contribution in [3.05, 3.63) is 0 Å². The molecular weight excluding hydrogens is 206 g/mol. The topological polar surface area (TPSA) is 12.0 Å². The van der Waals surface area contributed by atoms with Crippen LogP contribution < -0.4 is 5.32 Å². The van der Waals surface area contributed by atoms with Gasteiger partial charge in [-0.2, -0.15) is 0 Å². The fraction of sp³-hybridized carbons (Fsp3) is 1.00. The van der Waals surface area contributed by atoms with Crippen molar-refractivity contribution in [1.29, 1.82) is 0 Å². The highest BCUT2D eigenvalue weighted by molar-refractivity contribution is 4.81. The van der Waals surface area contributed by atoms with E-state index in [1.54, 1.807) is 0 Å². The van der Waals surface area contributed by atoms with E-state index in [0.717, 1.165) is 24.9 Å². The largest absolute Gasteiger partial charge is 0.316 e. The fourth-order valence-electron chi connectivity index (χ4n) is 2.16. The van der Waals surface area contributed by atoms with Gasteiger partial charge in [0.15, 0.2) is 0 Å². The zero-order valence-corrected chi connectivity index (χ0v) is 13.5. The molecule has 0 aliphatic rings. The lowest BCUT2D eigenvalue weighted by molar-refractivity contribution is 0.175. The average molecular weight is 241 g/mol. The Labute approximate surface area is 110 Å². The standard InChI is InChI=1S/C16H35N/c1-9-13(3)15(5,6)11-17-12-16(7,8)14(4)10-2/h13-14,17H,9-12H2,1-8H3. The predicted molar refractivity (Wildman–Crippen MR) is 79.3 cm³/mol. The SMILES string of the molecule is CCC(C)C(C)(C)CNCC(C)(C)C(C)CC. The van der Waals surface area contributed by atoms with Crippen molar-refractivity contribution in [2.75, 3.05) is 13.1 Å². The molecule has 0 aromatic rings. The molecule has 0 saturated carbocycles. The summed E-state index contributed by atoms with van der Waals surface area (Å²) in [6.07, 6.45) is 2.53. The Morgan fingerprint density at radius 3 is 1.29 bits per heavy atom. The summed E-state index contributed by atoms with van der Waals surface area (Å²) in [4.78, 5) is 0. The number of hydrogen-bond acceptors (Lipinski definition) is 1. The third kappa shape index (κ3) is 5.42. The van der Waals surface area contributed by atoms with Crippen LogP contribution in [0, 0.1) is 22.7 Å². The smallest absolute Gasteiger partial charge is 0.000529 e. The van der Waals surface area contributed by atoms with Gasteiger partial charge in [0.1, 0.15) is 0 Å². The molecule has 2 atom stereocenters. The molecule has 0 radical (unpaired) electrons. The molecule has 0 fully saturated rings. The third-order valence-electron chi connectivity index (χ3n) is 5.05. The van der Waals surface area contributed by atoms with Gasteiger partial charge in [-0.1, -0.05) is 68.2 Å². The molecule has 0 heterocycles. The van der Waals surface area contributed by atoms with E-state index < -0.39 is 0 Å². The quantitative estimate of drug-likeness (QED) is 0.648. The summed E-state index contributed by atoms with van der Waals surface area (Å²) in [5.41, 5.74) is 0.806. The van der Waals surface area contributed by atoms with Crippen molar-refractivity contribution in [3.63, 3.8) is 0 Å². The first-order chi connectivity index (χ1) is 7.67. The first kappa shape index (κ1) is 17.0. The van der Waals surface area contributed by atoms with Gasteiger partial charge in [0.2, 0.25) is 0 Å². The van der Waals surface area contributed by atoms with Crippen LogP contribution in [0.1, 0.15) is 68.2 Å². The van der Waals surface area contributed by atoms with Crippen molar-refractivity contribution >= 4 is 0 Å². The maximum Gasteiger partial charge on any atom is 0.000529 e. The molecule has 1 N–H and O–H groups in total. The molecule has 0 aromatic carbocycles. The molecule has 104 valence electrons. The highest BCUT2D eigenvalue weighted by Crippen LogP contribution is 2.30. The van der Waals surface area contributed by atoms with Crippen LogP contribution in [-0.4, -0.2) is 13.1 Å². The fourth-order valence-corrected chi connectivity index (χ4v) is 2.16. The van der Waals surface area contributed by atoms with Gasteiger partial charge >= 0.3 is 0 Å². The van der Waals surface area contributed by atoms with Crippen molar-refractivity contribution in [2.45, 2.75) is 68.2 Å². The number of hydrogen-bond donors (Lipinski definition) is 1. The molecular formula is C16H35N. The Morgan fingerprint density at radius 2 is 1.06 bits per heavy atom. The normalized spacial score (nSPS) is 16.9. The lowest BCUT2D eigenvalue weighted by Crippen LogP contribution is -2.40. The second kappa shape index (κ2) is 6.78. The van der Waals surface area contributed by atoms with Gasteiger partial charge in [0.25, 0.3) is 0 Å². The summed E-state index contributed by atoms with van der Waals surface area (Å²) in [5, 5.41) is 3.70. The molecule has 0 bridgehead atoms. The minimum atomic E-state index is 0.403. The van der Waals surface area contributed by atoms with E-state index in [2.05, 4.69) is 60.7 Å². The molecule has 17 heavy (non-hydrogen) atoms. The average Bonchev–Trinajstić information content (AvgIpc) is 2.25. The Balaban J connectivity index is 4.14. The maximum absolute atomic E-state index is 3.70. The second-order valence-corrected chi connectivity index (χ2v) is 7.20. The van der Waals surface area contributed by atoms with Crippen molar-refractivity contribution in [1.82, 2.24) is 5.32 Å². The zero-order chi connectivity index (χ0) is 13.7. The zero-order valence-electron chi connectivity index (χ0n) is 13.5. The number of nitrogens with one attached hydrogen (secondary N) is 1. The maximum atomic E-state index is 3.70. The highest BCUT2D eigenvalue weighted by Gasteiger charge is 2.27. The Morgan fingerprint density at radius 1 is 0.765 bits per heavy atom. The molecule has 0 amide bonds. The first-order valence-electron chi connectivity index (χ1n) is 7.38. The molecule has 1 heteroatoms. The predicted octanol–water partition coefficient (Wildman–Crippen LogP) is 4.72. The lowest BCUT2D eigenvalue weighted by Gasteiger charge is -2.36. The summed E-state index contributed by atoms with van der Waals surface area (Å²) < 4.78 is 0. The van der Waals surface area contributed by atoms with Gasteiger partial charge in [0, 0.05) is 13.1 Å². The summed E-state index contributed by atoms with van der Waals surface area (Å²) in [5.74, 6) is 1.56. The van der Waals surface area contributed by atoms with Crippen LogP contribution in [0.25, 0.3) is 0 Å². The van der Waals surface area contributed by atoms with Gasteiger partial charge in [-0.3, -0.25) is 0 Å². The molecule has 0 aliphatic heterocycles. The van der Waals surface area contributed by atoms with Crippen LogP contribution in [0.15, 0.2) is 0 Å². The lowest BCUT2D eigenvalue weighted by atomic mass is 9.76. The summed E-state index contributed by atoms with van der Waals surface area (Å²) in [7, 11) is 0. The monoisotopic (exact) mass is 241 g/mol.